The number of rotatable bonds is 6. The lowest BCUT2D eigenvalue weighted by molar-refractivity contribution is 0.102. The molecule has 2 heterocycles. The number of carbonyl (C=O) groups is 1. The SMILES string of the molecule is Cc1ccc(NC(=O)c2nnn(-c3ccc(F)cc3)c2CSc2ncccn2)cc1Cl. The van der Waals surface area contributed by atoms with E-state index in [0.717, 1.165) is 5.56 Å². The van der Waals surface area contributed by atoms with Gasteiger partial charge in [0, 0.05) is 28.9 Å². The number of carbonyl (C=O) groups excluding carboxylic acids is 1. The van der Waals surface area contributed by atoms with Crippen LogP contribution in [0, 0.1) is 12.7 Å². The molecule has 7 nitrogen and oxygen atoms in total. The number of benzene rings is 2. The van der Waals surface area contributed by atoms with Gasteiger partial charge in [0.2, 0.25) is 0 Å². The Balaban J connectivity index is 1.66. The van der Waals surface area contributed by atoms with Crippen LogP contribution in [0.2, 0.25) is 5.02 Å². The Bertz CT molecular complexity index is 1220. The number of anilines is 1. The maximum atomic E-state index is 13.4. The second-order valence-electron chi connectivity index (χ2n) is 6.51. The van der Waals surface area contributed by atoms with E-state index in [2.05, 4.69) is 25.6 Å². The Kier molecular flexibility index (Phi) is 6.24. The van der Waals surface area contributed by atoms with Crippen LogP contribution in [0.3, 0.4) is 0 Å². The van der Waals surface area contributed by atoms with Gasteiger partial charge in [0.1, 0.15) is 5.82 Å². The third-order valence-corrected chi connectivity index (χ3v) is 5.65. The van der Waals surface area contributed by atoms with Gasteiger partial charge in [-0.2, -0.15) is 0 Å². The Morgan fingerprint density at radius 2 is 1.90 bits per heavy atom. The van der Waals surface area contributed by atoms with Crippen molar-refractivity contribution in [3.8, 4) is 5.69 Å². The lowest BCUT2D eigenvalue weighted by Crippen LogP contribution is -2.15. The Hall–Kier alpha value is -3.30. The summed E-state index contributed by atoms with van der Waals surface area (Å²) in [5.74, 6) is -0.476. The minimum absolute atomic E-state index is 0.143. The molecule has 0 radical (unpaired) electrons. The van der Waals surface area contributed by atoms with E-state index < -0.39 is 5.91 Å². The number of amides is 1. The van der Waals surface area contributed by atoms with Crippen molar-refractivity contribution in [1.82, 2.24) is 25.0 Å². The number of aryl methyl sites for hydroxylation is 1. The van der Waals surface area contributed by atoms with E-state index in [1.807, 2.05) is 13.0 Å². The molecule has 0 fully saturated rings. The van der Waals surface area contributed by atoms with Gasteiger partial charge in [0.05, 0.1) is 11.4 Å². The standard InChI is InChI=1S/C21H16ClFN6OS/c1-13-3-6-15(11-17(13)22)26-20(30)19-18(12-31-21-24-9-2-10-25-21)29(28-27-19)16-7-4-14(23)5-8-16/h2-11H,12H2,1H3,(H,26,30). The zero-order valence-electron chi connectivity index (χ0n) is 16.3. The zero-order chi connectivity index (χ0) is 21.8. The lowest BCUT2D eigenvalue weighted by atomic mass is 10.2. The van der Waals surface area contributed by atoms with E-state index in [0.29, 0.717) is 33.0 Å². The Morgan fingerprint density at radius 1 is 1.16 bits per heavy atom. The van der Waals surface area contributed by atoms with E-state index in [1.54, 1.807) is 42.7 Å². The van der Waals surface area contributed by atoms with E-state index in [9.17, 15) is 9.18 Å². The summed E-state index contributed by atoms with van der Waals surface area (Å²) in [5, 5.41) is 12.1. The molecule has 31 heavy (non-hydrogen) atoms. The summed E-state index contributed by atoms with van der Waals surface area (Å²) in [6, 6.07) is 12.7. The van der Waals surface area contributed by atoms with Gasteiger partial charge < -0.3 is 5.32 Å². The molecular formula is C21H16ClFN6OS. The van der Waals surface area contributed by atoms with Crippen molar-refractivity contribution in [2.24, 2.45) is 0 Å². The lowest BCUT2D eigenvalue weighted by Gasteiger charge is -2.09. The van der Waals surface area contributed by atoms with Crippen molar-refractivity contribution in [1.29, 1.82) is 0 Å². The highest BCUT2D eigenvalue weighted by Gasteiger charge is 2.21. The molecule has 2 aromatic heterocycles. The molecule has 0 bridgehead atoms. The van der Waals surface area contributed by atoms with Gasteiger partial charge in [-0.15, -0.1) is 5.10 Å². The average molecular weight is 455 g/mol. The van der Waals surface area contributed by atoms with Crippen molar-refractivity contribution in [2.45, 2.75) is 17.8 Å². The fraction of sp³-hybridized carbons (Fsp3) is 0.0952. The summed E-state index contributed by atoms with van der Waals surface area (Å²) in [6.07, 6.45) is 3.28. The van der Waals surface area contributed by atoms with Gasteiger partial charge in [0.15, 0.2) is 10.9 Å². The second kappa shape index (κ2) is 9.23. The number of nitrogens with one attached hydrogen (secondary N) is 1. The molecule has 1 N–H and O–H groups in total. The van der Waals surface area contributed by atoms with Gasteiger partial charge in [-0.1, -0.05) is 34.6 Å². The van der Waals surface area contributed by atoms with E-state index in [4.69, 9.17) is 11.6 Å². The summed E-state index contributed by atoms with van der Waals surface area (Å²) in [6.45, 7) is 1.88. The van der Waals surface area contributed by atoms with E-state index in [-0.39, 0.29) is 11.5 Å². The molecule has 0 saturated carbocycles. The molecule has 0 unspecified atom stereocenters. The predicted molar refractivity (Wildman–Crippen MR) is 117 cm³/mol. The molecule has 10 heteroatoms. The van der Waals surface area contributed by atoms with Crippen molar-refractivity contribution < 1.29 is 9.18 Å². The zero-order valence-corrected chi connectivity index (χ0v) is 17.9. The van der Waals surface area contributed by atoms with Crippen LogP contribution < -0.4 is 5.32 Å². The summed E-state index contributed by atoms with van der Waals surface area (Å²) >= 11 is 7.49. The van der Waals surface area contributed by atoms with Crippen LogP contribution in [0.1, 0.15) is 21.7 Å². The maximum Gasteiger partial charge on any atom is 0.278 e. The molecule has 0 aliphatic carbocycles. The number of aromatic nitrogens is 5. The van der Waals surface area contributed by atoms with Crippen molar-refractivity contribution >= 4 is 35.0 Å². The third kappa shape index (κ3) is 4.89. The van der Waals surface area contributed by atoms with Crippen molar-refractivity contribution in [2.75, 3.05) is 5.32 Å². The summed E-state index contributed by atoms with van der Waals surface area (Å²) in [7, 11) is 0. The van der Waals surface area contributed by atoms with Crippen LogP contribution in [-0.2, 0) is 5.75 Å². The van der Waals surface area contributed by atoms with Crippen LogP contribution in [-0.4, -0.2) is 30.9 Å². The van der Waals surface area contributed by atoms with Crippen LogP contribution in [0.25, 0.3) is 5.69 Å². The first-order chi connectivity index (χ1) is 15.0. The number of thioether (sulfide) groups is 1. The second-order valence-corrected chi connectivity index (χ2v) is 7.86. The van der Waals surface area contributed by atoms with Crippen molar-refractivity contribution in [3.05, 3.63) is 88.7 Å². The minimum atomic E-state index is -0.433. The quantitative estimate of drug-likeness (QED) is 0.335. The van der Waals surface area contributed by atoms with Crippen LogP contribution in [0.4, 0.5) is 10.1 Å². The summed E-state index contributed by atoms with van der Waals surface area (Å²) in [5.41, 5.74) is 2.70. The molecule has 1 amide bonds. The Labute approximate surface area is 186 Å². The van der Waals surface area contributed by atoms with Crippen LogP contribution in [0.15, 0.2) is 66.1 Å². The fourth-order valence-corrected chi connectivity index (χ4v) is 3.73. The highest BCUT2D eigenvalue weighted by Crippen LogP contribution is 2.25. The van der Waals surface area contributed by atoms with E-state index >= 15 is 0 Å². The van der Waals surface area contributed by atoms with Gasteiger partial charge in [0.25, 0.3) is 5.91 Å². The highest BCUT2D eigenvalue weighted by atomic mass is 35.5. The molecule has 0 atom stereocenters. The fourth-order valence-electron chi connectivity index (χ4n) is 2.75. The first-order valence-electron chi connectivity index (χ1n) is 9.19. The van der Waals surface area contributed by atoms with E-state index in [1.165, 1.54) is 28.6 Å². The molecule has 2 aromatic carbocycles. The maximum absolute atomic E-state index is 13.4. The van der Waals surface area contributed by atoms with Gasteiger partial charge in [-0.25, -0.2) is 19.0 Å². The van der Waals surface area contributed by atoms with Gasteiger partial charge in [-0.05, 0) is 55.0 Å². The first-order valence-corrected chi connectivity index (χ1v) is 10.6. The summed E-state index contributed by atoms with van der Waals surface area (Å²) in [4.78, 5) is 21.3. The number of nitrogens with zero attached hydrogens (tertiary/aromatic N) is 5. The average Bonchev–Trinajstić information content (AvgIpc) is 3.20. The molecule has 4 aromatic rings. The number of halogens is 2. The molecular weight excluding hydrogens is 439 g/mol. The smallest absolute Gasteiger partial charge is 0.278 e. The molecule has 4 rings (SSSR count). The van der Waals surface area contributed by atoms with Crippen LogP contribution >= 0.6 is 23.4 Å². The number of hydrogen-bond acceptors (Lipinski definition) is 6. The highest BCUT2D eigenvalue weighted by molar-refractivity contribution is 7.98. The Morgan fingerprint density at radius 3 is 2.61 bits per heavy atom. The number of hydrogen-bond donors (Lipinski definition) is 1. The van der Waals surface area contributed by atoms with Gasteiger partial charge in [-0.3, -0.25) is 4.79 Å². The van der Waals surface area contributed by atoms with Crippen molar-refractivity contribution in [3.63, 3.8) is 0 Å². The van der Waals surface area contributed by atoms with Crippen LogP contribution in [0.5, 0.6) is 0 Å². The first kappa shape index (κ1) is 21.0. The molecule has 156 valence electrons. The predicted octanol–water partition coefficient (Wildman–Crippen LogP) is 4.70. The molecule has 0 aliphatic rings. The monoisotopic (exact) mass is 454 g/mol. The third-order valence-electron chi connectivity index (χ3n) is 4.36. The largest absolute Gasteiger partial charge is 0.320 e. The normalized spacial score (nSPS) is 10.8. The molecule has 0 aliphatic heterocycles. The molecule has 0 saturated heterocycles. The topological polar surface area (TPSA) is 85.6 Å². The van der Waals surface area contributed by atoms with Gasteiger partial charge >= 0.3 is 0 Å². The molecule has 0 spiro atoms. The summed E-state index contributed by atoms with van der Waals surface area (Å²) < 4.78 is 14.9. The minimum Gasteiger partial charge on any atom is -0.320 e.